The third-order valence-electron chi connectivity index (χ3n) is 3.32. The summed E-state index contributed by atoms with van der Waals surface area (Å²) in [5.41, 5.74) is 1.56. The predicted octanol–water partition coefficient (Wildman–Crippen LogP) is 0.747. The Morgan fingerprint density at radius 2 is 2.15 bits per heavy atom. The van der Waals surface area contributed by atoms with E-state index in [4.69, 9.17) is 0 Å². The molecule has 1 heterocycles. The first-order valence-corrected chi connectivity index (χ1v) is 6.55. The lowest BCUT2D eigenvalue weighted by Crippen LogP contribution is -2.48. The Morgan fingerprint density at radius 3 is 2.75 bits per heavy atom. The van der Waals surface area contributed by atoms with Gasteiger partial charge in [-0.15, -0.1) is 0 Å². The summed E-state index contributed by atoms with van der Waals surface area (Å²) in [5, 5.41) is 16.9. The molecule has 108 valence electrons. The highest BCUT2D eigenvalue weighted by atomic mass is 16.6. The third-order valence-corrected chi connectivity index (χ3v) is 3.32. The summed E-state index contributed by atoms with van der Waals surface area (Å²) >= 11 is 0. The second-order valence-electron chi connectivity index (χ2n) is 4.74. The molecule has 0 unspecified atom stereocenters. The largest absolute Gasteiger partial charge is 0.376 e. The number of hydrogen-bond donors (Lipinski definition) is 2. The van der Waals surface area contributed by atoms with Crippen LogP contribution in [0.5, 0.6) is 0 Å². The number of nitro groups is 1. The van der Waals surface area contributed by atoms with Crippen molar-refractivity contribution < 1.29 is 9.72 Å². The topological polar surface area (TPSA) is 87.5 Å². The lowest BCUT2D eigenvalue weighted by atomic mass is 10.2. The SMILES string of the molecule is Cc1cc([N+](=O)[O-])ccc1NCC(=O)N1CCNCC1. The number of piperazine rings is 1. The van der Waals surface area contributed by atoms with E-state index >= 15 is 0 Å². The summed E-state index contributed by atoms with van der Waals surface area (Å²) in [6, 6.07) is 4.57. The van der Waals surface area contributed by atoms with Gasteiger partial charge in [-0.25, -0.2) is 0 Å². The molecule has 1 fully saturated rings. The summed E-state index contributed by atoms with van der Waals surface area (Å²) in [6.45, 7) is 5.08. The number of benzene rings is 1. The van der Waals surface area contributed by atoms with Gasteiger partial charge in [0.2, 0.25) is 5.91 Å². The van der Waals surface area contributed by atoms with Crippen LogP contribution in [-0.4, -0.2) is 48.5 Å². The molecule has 20 heavy (non-hydrogen) atoms. The fourth-order valence-corrected chi connectivity index (χ4v) is 2.16. The van der Waals surface area contributed by atoms with E-state index in [0.717, 1.165) is 37.4 Å². The molecule has 1 amide bonds. The zero-order chi connectivity index (χ0) is 14.5. The van der Waals surface area contributed by atoms with Crippen LogP contribution in [0.4, 0.5) is 11.4 Å². The van der Waals surface area contributed by atoms with E-state index in [2.05, 4.69) is 10.6 Å². The van der Waals surface area contributed by atoms with Gasteiger partial charge in [0.1, 0.15) is 0 Å². The summed E-state index contributed by atoms with van der Waals surface area (Å²) in [4.78, 5) is 24.0. The number of hydrogen-bond acceptors (Lipinski definition) is 5. The summed E-state index contributed by atoms with van der Waals surface area (Å²) in [5.74, 6) is 0.0456. The Bertz CT molecular complexity index is 512. The van der Waals surface area contributed by atoms with Crippen molar-refractivity contribution in [1.82, 2.24) is 10.2 Å². The zero-order valence-electron chi connectivity index (χ0n) is 11.4. The first-order chi connectivity index (χ1) is 9.58. The molecule has 2 N–H and O–H groups in total. The highest BCUT2D eigenvalue weighted by Crippen LogP contribution is 2.20. The number of non-ortho nitro benzene ring substituents is 1. The Hall–Kier alpha value is -2.15. The molecule has 7 heteroatoms. The van der Waals surface area contributed by atoms with E-state index in [0.29, 0.717) is 0 Å². The second-order valence-corrected chi connectivity index (χ2v) is 4.74. The summed E-state index contributed by atoms with van der Waals surface area (Å²) < 4.78 is 0. The molecule has 0 aliphatic carbocycles. The molecule has 2 rings (SSSR count). The van der Waals surface area contributed by atoms with E-state index in [9.17, 15) is 14.9 Å². The Kier molecular flexibility index (Phi) is 4.52. The van der Waals surface area contributed by atoms with Crippen LogP contribution in [-0.2, 0) is 4.79 Å². The van der Waals surface area contributed by atoms with Crippen molar-refractivity contribution in [3.05, 3.63) is 33.9 Å². The van der Waals surface area contributed by atoms with E-state index in [1.165, 1.54) is 12.1 Å². The molecule has 7 nitrogen and oxygen atoms in total. The highest BCUT2D eigenvalue weighted by molar-refractivity contribution is 5.81. The van der Waals surface area contributed by atoms with Crippen molar-refractivity contribution in [3.8, 4) is 0 Å². The summed E-state index contributed by atoms with van der Waals surface area (Å²) in [7, 11) is 0. The van der Waals surface area contributed by atoms with Crippen LogP contribution < -0.4 is 10.6 Å². The molecule has 1 aliphatic rings. The minimum Gasteiger partial charge on any atom is -0.376 e. The van der Waals surface area contributed by atoms with Gasteiger partial charge in [-0.1, -0.05) is 0 Å². The zero-order valence-corrected chi connectivity index (χ0v) is 11.4. The van der Waals surface area contributed by atoms with Gasteiger partial charge in [0.25, 0.3) is 5.69 Å². The molecule has 0 bridgehead atoms. The Labute approximate surface area is 117 Å². The van der Waals surface area contributed by atoms with Gasteiger partial charge >= 0.3 is 0 Å². The fourth-order valence-electron chi connectivity index (χ4n) is 2.16. The van der Waals surface area contributed by atoms with Gasteiger partial charge in [-0.05, 0) is 18.6 Å². The number of nitro benzene ring substituents is 1. The molecule has 1 aromatic carbocycles. The lowest BCUT2D eigenvalue weighted by Gasteiger charge is -2.27. The van der Waals surface area contributed by atoms with Crippen molar-refractivity contribution in [2.24, 2.45) is 0 Å². The smallest absolute Gasteiger partial charge is 0.269 e. The van der Waals surface area contributed by atoms with E-state index < -0.39 is 4.92 Å². The Morgan fingerprint density at radius 1 is 1.45 bits per heavy atom. The Balaban J connectivity index is 1.93. The standard InChI is InChI=1S/C13H18N4O3/c1-10-8-11(17(19)20)2-3-12(10)15-9-13(18)16-6-4-14-5-7-16/h2-3,8,14-15H,4-7,9H2,1H3. The molecule has 0 saturated carbocycles. The first-order valence-electron chi connectivity index (χ1n) is 6.55. The van der Waals surface area contributed by atoms with E-state index in [1.807, 2.05) is 4.90 Å². The number of amides is 1. The van der Waals surface area contributed by atoms with Crippen LogP contribution in [0.15, 0.2) is 18.2 Å². The fraction of sp³-hybridized carbons (Fsp3) is 0.462. The van der Waals surface area contributed by atoms with Crippen LogP contribution in [0.1, 0.15) is 5.56 Å². The number of carbonyl (C=O) groups is 1. The van der Waals surface area contributed by atoms with Crippen LogP contribution in [0, 0.1) is 17.0 Å². The van der Waals surface area contributed by atoms with E-state index in [1.54, 1.807) is 13.0 Å². The van der Waals surface area contributed by atoms with Crippen LogP contribution in [0.3, 0.4) is 0 Å². The molecule has 1 saturated heterocycles. The lowest BCUT2D eigenvalue weighted by molar-refractivity contribution is -0.384. The monoisotopic (exact) mass is 278 g/mol. The molecule has 0 atom stereocenters. The summed E-state index contributed by atoms with van der Waals surface area (Å²) in [6.07, 6.45) is 0. The van der Waals surface area contributed by atoms with Gasteiger partial charge in [0.15, 0.2) is 0 Å². The van der Waals surface area contributed by atoms with Gasteiger partial charge in [0, 0.05) is 44.0 Å². The first kappa shape index (κ1) is 14.3. The quantitative estimate of drug-likeness (QED) is 0.626. The average molecular weight is 278 g/mol. The molecule has 1 aliphatic heterocycles. The maximum Gasteiger partial charge on any atom is 0.269 e. The minimum absolute atomic E-state index is 0.0456. The molecular formula is C13H18N4O3. The van der Waals surface area contributed by atoms with E-state index in [-0.39, 0.29) is 18.1 Å². The molecule has 0 aromatic heterocycles. The van der Waals surface area contributed by atoms with Gasteiger partial charge < -0.3 is 15.5 Å². The van der Waals surface area contributed by atoms with Gasteiger partial charge in [-0.3, -0.25) is 14.9 Å². The van der Waals surface area contributed by atoms with Crippen molar-refractivity contribution in [3.63, 3.8) is 0 Å². The van der Waals surface area contributed by atoms with Gasteiger partial charge in [0.05, 0.1) is 11.5 Å². The average Bonchev–Trinajstić information content (AvgIpc) is 2.46. The van der Waals surface area contributed by atoms with Crippen molar-refractivity contribution in [2.45, 2.75) is 6.92 Å². The molecular weight excluding hydrogens is 260 g/mol. The number of nitrogens with zero attached hydrogens (tertiary/aromatic N) is 2. The normalized spacial score (nSPS) is 14.9. The molecule has 0 radical (unpaired) electrons. The highest BCUT2D eigenvalue weighted by Gasteiger charge is 2.16. The third kappa shape index (κ3) is 3.45. The number of aryl methyl sites for hydroxylation is 1. The van der Waals surface area contributed by atoms with Crippen LogP contribution >= 0.6 is 0 Å². The molecule has 1 aromatic rings. The maximum absolute atomic E-state index is 12.0. The van der Waals surface area contributed by atoms with Crippen molar-refractivity contribution in [2.75, 3.05) is 38.0 Å². The number of nitrogens with one attached hydrogen (secondary N) is 2. The number of anilines is 1. The van der Waals surface area contributed by atoms with Crippen LogP contribution in [0.2, 0.25) is 0 Å². The maximum atomic E-state index is 12.0. The van der Waals surface area contributed by atoms with Gasteiger partial charge in [-0.2, -0.15) is 0 Å². The van der Waals surface area contributed by atoms with Crippen molar-refractivity contribution in [1.29, 1.82) is 0 Å². The van der Waals surface area contributed by atoms with Crippen molar-refractivity contribution >= 4 is 17.3 Å². The second kappa shape index (κ2) is 6.33. The number of rotatable bonds is 4. The number of carbonyl (C=O) groups excluding carboxylic acids is 1. The predicted molar refractivity (Wildman–Crippen MR) is 75.8 cm³/mol. The van der Waals surface area contributed by atoms with Crippen LogP contribution in [0.25, 0.3) is 0 Å². The molecule has 0 spiro atoms. The minimum atomic E-state index is -0.428.